The summed E-state index contributed by atoms with van der Waals surface area (Å²) in [5.74, 6) is 6.73. The molecule has 0 aliphatic carbocycles. The number of aryl methyl sites for hydroxylation is 1. The number of nitrogens with two attached hydrogens (primary N) is 1. The van der Waals surface area contributed by atoms with Crippen molar-refractivity contribution in [3.05, 3.63) is 10.9 Å². The first-order valence-electron chi connectivity index (χ1n) is 6.76. The van der Waals surface area contributed by atoms with Gasteiger partial charge in [-0.3, -0.25) is 5.43 Å². The number of anilines is 2. The maximum Gasteiger partial charge on any atom is 0.240 e. The third kappa shape index (κ3) is 2.44. The molecule has 108 valence electrons. The molecule has 6 nitrogen and oxygen atoms in total. The zero-order valence-electron chi connectivity index (χ0n) is 11.7. The Morgan fingerprint density at radius 2 is 2.35 bits per heavy atom. The van der Waals surface area contributed by atoms with Crippen LogP contribution in [0.5, 0.6) is 0 Å². The summed E-state index contributed by atoms with van der Waals surface area (Å²) < 4.78 is 5.48. The van der Waals surface area contributed by atoms with Crippen LogP contribution in [0, 0.1) is 0 Å². The largest absolute Gasteiger partial charge is 0.379 e. The first kappa shape index (κ1) is 13.5. The van der Waals surface area contributed by atoms with E-state index >= 15 is 0 Å². The van der Waals surface area contributed by atoms with Gasteiger partial charge in [-0.1, -0.05) is 6.92 Å². The van der Waals surface area contributed by atoms with Gasteiger partial charge >= 0.3 is 0 Å². The number of hydrogen-bond acceptors (Lipinski definition) is 7. The maximum absolute atomic E-state index is 5.48. The molecular formula is C13H19N5OS. The van der Waals surface area contributed by atoms with Crippen LogP contribution in [0.1, 0.15) is 25.1 Å². The number of aromatic nitrogens is 2. The van der Waals surface area contributed by atoms with Gasteiger partial charge in [0.15, 0.2) is 0 Å². The lowest BCUT2D eigenvalue weighted by atomic mass is 10.0. The van der Waals surface area contributed by atoms with Gasteiger partial charge in [-0.25, -0.2) is 10.8 Å². The fraction of sp³-hybridized carbons (Fsp3) is 0.538. The molecule has 1 saturated heterocycles. The molecule has 0 spiro atoms. The van der Waals surface area contributed by atoms with E-state index in [0.717, 1.165) is 35.5 Å². The molecule has 4 N–H and O–H groups in total. The van der Waals surface area contributed by atoms with E-state index in [2.05, 4.69) is 40.6 Å². The second-order valence-electron chi connectivity index (χ2n) is 5.31. The Hall–Kier alpha value is -1.44. The van der Waals surface area contributed by atoms with Crippen molar-refractivity contribution in [2.45, 2.75) is 32.2 Å². The highest BCUT2D eigenvalue weighted by molar-refractivity contribution is 7.18. The summed E-state index contributed by atoms with van der Waals surface area (Å²) in [6.45, 7) is 5.76. The molecule has 2 aromatic heterocycles. The Morgan fingerprint density at radius 1 is 1.50 bits per heavy atom. The molecule has 1 fully saturated rings. The van der Waals surface area contributed by atoms with Crippen molar-refractivity contribution >= 4 is 33.3 Å². The van der Waals surface area contributed by atoms with Crippen LogP contribution in [0.2, 0.25) is 0 Å². The summed E-state index contributed by atoms with van der Waals surface area (Å²) in [5.41, 5.74) is 2.46. The Balaban J connectivity index is 2.04. The van der Waals surface area contributed by atoms with E-state index in [9.17, 15) is 0 Å². The molecule has 0 bridgehead atoms. The van der Waals surface area contributed by atoms with Crippen LogP contribution in [-0.2, 0) is 11.2 Å². The predicted molar refractivity (Wildman–Crippen MR) is 82.1 cm³/mol. The molecule has 0 saturated carbocycles. The second kappa shape index (κ2) is 5.16. The number of thiophene rings is 1. The molecule has 1 atom stereocenters. The van der Waals surface area contributed by atoms with Gasteiger partial charge in [0.2, 0.25) is 5.95 Å². The minimum absolute atomic E-state index is 0.0819. The van der Waals surface area contributed by atoms with Crippen molar-refractivity contribution < 1.29 is 4.74 Å². The van der Waals surface area contributed by atoms with Gasteiger partial charge in [0.1, 0.15) is 10.6 Å². The molecule has 0 amide bonds. The van der Waals surface area contributed by atoms with Crippen molar-refractivity contribution in [3.63, 3.8) is 0 Å². The number of nitrogens with one attached hydrogen (secondary N) is 2. The molecule has 2 aromatic rings. The Labute approximate surface area is 121 Å². The minimum atomic E-state index is -0.0819. The van der Waals surface area contributed by atoms with Crippen molar-refractivity contribution in [3.8, 4) is 0 Å². The number of nitrogen functional groups attached to an aromatic ring is 1. The standard InChI is InChI=1S/C13H19N5OS/c1-3-8-6-9-10(17-13(2)4-5-19-7-13)15-12(18-14)16-11(9)20-8/h6H,3-5,7,14H2,1-2H3,(H2,15,16,17,18). The first-order chi connectivity index (χ1) is 9.63. The molecule has 0 aromatic carbocycles. The predicted octanol–water partition coefficient (Wildman–Crippen LogP) is 2.13. The molecule has 0 radical (unpaired) electrons. The van der Waals surface area contributed by atoms with Crippen LogP contribution in [0.4, 0.5) is 11.8 Å². The minimum Gasteiger partial charge on any atom is -0.379 e. The summed E-state index contributed by atoms with van der Waals surface area (Å²) in [7, 11) is 0. The molecule has 3 rings (SSSR count). The van der Waals surface area contributed by atoms with E-state index in [1.807, 2.05) is 0 Å². The molecule has 1 aliphatic heterocycles. The highest BCUT2D eigenvalue weighted by atomic mass is 32.1. The Bertz CT molecular complexity index is 620. The van der Waals surface area contributed by atoms with E-state index in [1.165, 1.54) is 4.88 Å². The fourth-order valence-corrected chi connectivity index (χ4v) is 3.32. The molecule has 1 unspecified atom stereocenters. The summed E-state index contributed by atoms with van der Waals surface area (Å²) in [6.07, 6.45) is 1.96. The van der Waals surface area contributed by atoms with Crippen molar-refractivity contribution in [2.24, 2.45) is 5.84 Å². The molecule has 20 heavy (non-hydrogen) atoms. The lowest BCUT2D eigenvalue weighted by molar-refractivity contribution is 0.185. The first-order valence-corrected chi connectivity index (χ1v) is 7.58. The van der Waals surface area contributed by atoms with Crippen LogP contribution < -0.4 is 16.6 Å². The average Bonchev–Trinajstić information content (AvgIpc) is 3.04. The van der Waals surface area contributed by atoms with Gasteiger partial charge in [-0.2, -0.15) is 4.98 Å². The summed E-state index contributed by atoms with van der Waals surface area (Å²) in [6, 6.07) is 2.15. The third-order valence-electron chi connectivity index (χ3n) is 3.56. The quantitative estimate of drug-likeness (QED) is 0.591. The number of fused-ring (bicyclic) bond motifs is 1. The summed E-state index contributed by atoms with van der Waals surface area (Å²) in [4.78, 5) is 11.1. The van der Waals surface area contributed by atoms with Gasteiger partial charge in [-0.15, -0.1) is 11.3 Å². The van der Waals surface area contributed by atoms with E-state index in [-0.39, 0.29) is 5.54 Å². The number of nitrogens with zero attached hydrogens (tertiary/aromatic N) is 2. The highest BCUT2D eigenvalue weighted by Crippen LogP contribution is 2.33. The number of ether oxygens (including phenoxy) is 1. The molecule has 3 heterocycles. The third-order valence-corrected chi connectivity index (χ3v) is 4.73. The van der Waals surface area contributed by atoms with Crippen molar-refractivity contribution in [1.82, 2.24) is 9.97 Å². The van der Waals surface area contributed by atoms with Gasteiger partial charge < -0.3 is 10.1 Å². The smallest absolute Gasteiger partial charge is 0.240 e. The van der Waals surface area contributed by atoms with E-state index < -0.39 is 0 Å². The lowest BCUT2D eigenvalue weighted by Crippen LogP contribution is -2.35. The monoisotopic (exact) mass is 293 g/mol. The van der Waals surface area contributed by atoms with Crippen molar-refractivity contribution in [1.29, 1.82) is 0 Å². The molecule has 1 aliphatic rings. The Morgan fingerprint density at radius 3 is 3.00 bits per heavy atom. The molecular weight excluding hydrogens is 274 g/mol. The zero-order chi connectivity index (χ0) is 14.2. The maximum atomic E-state index is 5.48. The van der Waals surface area contributed by atoms with E-state index in [0.29, 0.717) is 12.6 Å². The lowest BCUT2D eigenvalue weighted by Gasteiger charge is -2.24. The SMILES string of the molecule is CCc1cc2c(NC3(C)CCOC3)nc(NN)nc2s1. The van der Waals surface area contributed by atoms with Gasteiger partial charge in [0.25, 0.3) is 0 Å². The van der Waals surface area contributed by atoms with E-state index in [1.54, 1.807) is 11.3 Å². The van der Waals surface area contributed by atoms with E-state index in [4.69, 9.17) is 10.6 Å². The number of rotatable bonds is 4. The summed E-state index contributed by atoms with van der Waals surface area (Å²) in [5, 5.41) is 4.56. The van der Waals surface area contributed by atoms with Crippen LogP contribution in [0.25, 0.3) is 10.2 Å². The summed E-state index contributed by atoms with van der Waals surface area (Å²) >= 11 is 1.68. The second-order valence-corrected chi connectivity index (χ2v) is 6.43. The fourth-order valence-electron chi connectivity index (χ4n) is 2.36. The van der Waals surface area contributed by atoms with Crippen LogP contribution in [-0.4, -0.2) is 28.7 Å². The zero-order valence-corrected chi connectivity index (χ0v) is 12.5. The Kier molecular flexibility index (Phi) is 3.49. The average molecular weight is 293 g/mol. The van der Waals surface area contributed by atoms with Crippen molar-refractivity contribution in [2.75, 3.05) is 24.0 Å². The number of hydrogen-bond donors (Lipinski definition) is 3. The van der Waals surface area contributed by atoms with Crippen LogP contribution in [0.3, 0.4) is 0 Å². The normalized spacial score (nSPS) is 22.4. The van der Waals surface area contributed by atoms with Crippen LogP contribution >= 0.6 is 11.3 Å². The van der Waals surface area contributed by atoms with Gasteiger partial charge in [0.05, 0.1) is 17.5 Å². The van der Waals surface area contributed by atoms with Gasteiger partial charge in [-0.05, 0) is 25.8 Å². The van der Waals surface area contributed by atoms with Gasteiger partial charge in [0, 0.05) is 11.5 Å². The highest BCUT2D eigenvalue weighted by Gasteiger charge is 2.30. The van der Waals surface area contributed by atoms with Crippen LogP contribution in [0.15, 0.2) is 6.07 Å². The topological polar surface area (TPSA) is 85.1 Å². The number of hydrazine groups is 1. The molecule has 7 heteroatoms.